The van der Waals surface area contributed by atoms with Gasteiger partial charge in [0.25, 0.3) is 0 Å². The summed E-state index contributed by atoms with van der Waals surface area (Å²) in [6.07, 6.45) is 0.824. The molecule has 0 unspecified atom stereocenters. The van der Waals surface area contributed by atoms with Crippen LogP contribution in [0.15, 0.2) is 5.10 Å². The van der Waals surface area contributed by atoms with E-state index in [1.807, 2.05) is 6.92 Å². The Kier molecular flexibility index (Phi) is 7.48. The summed E-state index contributed by atoms with van der Waals surface area (Å²) in [5, 5.41) is 4.91. The van der Waals surface area contributed by atoms with Crippen LogP contribution in [0, 0.1) is 0 Å². The van der Waals surface area contributed by atoms with Crippen molar-refractivity contribution in [1.29, 1.82) is 0 Å². The highest BCUT2D eigenvalue weighted by Crippen LogP contribution is 2.07. The van der Waals surface area contributed by atoms with E-state index in [4.69, 9.17) is 4.74 Å². The van der Waals surface area contributed by atoms with Crippen molar-refractivity contribution in [3.8, 4) is 0 Å². The topological polar surface area (TPSA) is 50.7 Å². The van der Waals surface area contributed by atoms with Gasteiger partial charge in [0, 0.05) is 7.05 Å². The second kappa shape index (κ2) is 7.91. The van der Waals surface area contributed by atoms with Crippen molar-refractivity contribution in [3.63, 3.8) is 0 Å². The molecule has 0 aliphatic carbocycles. The number of nitrogens with zero attached hydrogens (tertiary/aromatic N) is 1. The molecule has 0 aromatic rings. The molecule has 0 radical (unpaired) electrons. The van der Waals surface area contributed by atoms with Gasteiger partial charge in [-0.3, -0.25) is 4.79 Å². The van der Waals surface area contributed by atoms with E-state index in [1.54, 1.807) is 14.0 Å². The molecule has 0 aromatic heterocycles. The molecule has 1 N–H and O–H groups in total. The lowest BCUT2D eigenvalue weighted by Crippen LogP contribution is -2.10. The molecular formula is C8H16N2O2S. The predicted octanol–water partition coefficient (Wildman–Crippen LogP) is 1.23. The summed E-state index contributed by atoms with van der Waals surface area (Å²) < 4.78 is 4.78. The Balaban J connectivity index is 3.72. The Morgan fingerprint density at radius 1 is 1.54 bits per heavy atom. The smallest absolute Gasteiger partial charge is 0.316 e. The van der Waals surface area contributed by atoms with Gasteiger partial charge in [-0.1, -0.05) is 18.7 Å². The first kappa shape index (κ1) is 12.3. The van der Waals surface area contributed by atoms with E-state index in [-0.39, 0.29) is 5.97 Å². The molecule has 0 heterocycles. The quantitative estimate of drug-likeness (QED) is 0.317. The SMILES string of the molecule is CCOC(=O)CS/C(CC)=N/NC. The molecule has 0 aromatic carbocycles. The highest BCUT2D eigenvalue weighted by atomic mass is 32.2. The molecule has 0 spiro atoms. The van der Waals surface area contributed by atoms with Gasteiger partial charge in [-0.25, -0.2) is 0 Å². The van der Waals surface area contributed by atoms with Gasteiger partial charge in [-0.05, 0) is 13.3 Å². The molecular weight excluding hydrogens is 188 g/mol. The number of hydrazone groups is 1. The first-order chi connectivity index (χ1) is 6.24. The monoisotopic (exact) mass is 204 g/mol. The maximum atomic E-state index is 10.9. The maximum Gasteiger partial charge on any atom is 0.316 e. The van der Waals surface area contributed by atoms with Crippen LogP contribution in [-0.4, -0.2) is 30.4 Å². The largest absolute Gasteiger partial charge is 0.465 e. The second-order valence-corrected chi connectivity index (χ2v) is 3.22. The third-order valence-electron chi connectivity index (χ3n) is 1.20. The zero-order chi connectivity index (χ0) is 10.1. The fourth-order valence-corrected chi connectivity index (χ4v) is 1.41. The Labute approximate surface area is 83.1 Å². The van der Waals surface area contributed by atoms with Crippen molar-refractivity contribution < 1.29 is 9.53 Å². The molecule has 0 rings (SSSR count). The highest BCUT2D eigenvalue weighted by molar-refractivity contribution is 8.14. The molecule has 0 saturated carbocycles. The maximum absolute atomic E-state index is 10.9. The Hall–Kier alpha value is -0.710. The minimum Gasteiger partial charge on any atom is -0.465 e. The van der Waals surface area contributed by atoms with Gasteiger partial charge in [-0.15, -0.1) is 0 Å². The molecule has 5 heteroatoms. The van der Waals surface area contributed by atoms with Crippen LogP contribution in [0.3, 0.4) is 0 Å². The predicted molar refractivity (Wildman–Crippen MR) is 55.9 cm³/mol. The number of rotatable bonds is 5. The summed E-state index contributed by atoms with van der Waals surface area (Å²) >= 11 is 1.41. The van der Waals surface area contributed by atoms with Crippen molar-refractivity contribution in [1.82, 2.24) is 5.43 Å². The summed E-state index contributed by atoms with van der Waals surface area (Å²) in [5.41, 5.74) is 2.69. The number of thioether (sulfide) groups is 1. The van der Waals surface area contributed by atoms with Crippen LogP contribution in [0.1, 0.15) is 20.3 Å². The molecule has 76 valence electrons. The summed E-state index contributed by atoms with van der Waals surface area (Å²) in [5.74, 6) is 0.145. The average molecular weight is 204 g/mol. The molecule has 0 aliphatic rings. The summed E-state index contributed by atoms with van der Waals surface area (Å²) in [6, 6.07) is 0. The van der Waals surface area contributed by atoms with Crippen LogP contribution >= 0.6 is 11.8 Å². The second-order valence-electron chi connectivity index (χ2n) is 2.18. The number of esters is 1. The third kappa shape index (κ3) is 6.45. The van der Waals surface area contributed by atoms with E-state index in [2.05, 4.69) is 10.5 Å². The van der Waals surface area contributed by atoms with E-state index in [0.717, 1.165) is 11.5 Å². The highest BCUT2D eigenvalue weighted by Gasteiger charge is 2.04. The van der Waals surface area contributed by atoms with Gasteiger partial charge in [-0.2, -0.15) is 5.10 Å². The van der Waals surface area contributed by atoms with Gasteiger partial charge >= 0.3 is 5.97 Å². The lowest BCUT2D eigenvalue weighted by atomic mass is 10.5. The van der Waals surface area contributed by atoms with E-state index < -0.39 is 0 Å². The molecule has 0 bridgehead atoms. The van der Waals surface area contributed by atoms with Crippen LogP contribution in [0.4, 0.5) is 0 Å². The summed E-state index contributed by atoms with van der Waals surface area (Å²) in [6.45, 7) is 4.23. The minimum absolute atomic E-state index is 0.190. The van der Waals surface area contributed by atoms with Crippen molar-refractivity contribution in [2.75, 3.05) is 19.4 Å². The zero-order valence-electron chi connectivity index (χ0n) is 8.29. The standard InChI is InChI=1S/C8H16N2O2S/c1-4-7(10-9-3)13-6-8(11)12-5-2/h9H,4-6H2,1-3H3/b10-7+. The van der Waals surface area contributed by atoms with Crippen molar-refractivity contribution in [3.05, 3.63) is 0 Å². The molecule has 0 amide bonds. The van der Waals surface area contributed by atoms with Crippen LogP contribution in [0.2, 0.25) is 0 Å². The number of carbonyl (C=O) groups excluding carboxylic acids is 1. The van der Waals surface area contributed by atoms with Gasteiger partial charge in [0.05, 0.1) is 17.4 Å². The number of nitrogens with one attached hydrogen (secondary N) is 1. The molecule has 0 aliphatic heterocycles. The molecule has 0 atom stereocenters. The fourth-order valence-electron chi connectivity index (χ4n) is 0.683. The lowest BCUT2D eigenvalue weighted by molar-refractivity contribution is -0.139. The minimum atomic E-state index is -0.190. The lowest BCUT2D eigenvalue weighted by Gasteiger charge is -2.02. The van der Waals surface area contributed by atoms with Gasteiger partial charge in [0.2, 0.25) is 0 Å². The van der Waals surface area contributed by atoms with Crippen LogP contribution in [0.25, 0.3) is 0 Å². The molecule has 13 heavy (non-hydrogen) atoms. The average Bonchev–Trinajstić information content (AvgIpc) is 2.12. The number of ether oxygens (including phenoxy) is 1. The first-order valence-corrected chi connectivity index (χ1v) is 5.24. The Bertz CT molecular complexity index is 183. The first-order valence-electron chi connectivity index (χ1n) is 4.26. The normalized spacial score (nSPS) is 11.2. The van der Waals surface area contributed by atoms with E-state index in [9.17, 15) is 4.79 Å². The summed E-state index contributed by atoms with van der Waals surface area (Å²) in [7, 11) is 1.74. The van der Waals surface area contributed by atoms with Crippen LogP contribution in [-0.2, 0) is 9.53 Å². The molecule has 4 nitrogen and oxygen atoms in total. The van der Waals surface area contributed by atoms with Crippen molar-refractivity contribution >= 4 is 22.8 Å². The Morgan fingerprint density at radius 3 is 2.69 bits per heavy atom. The number of hydrogen-bond donors (Lipinski definition) is 1. The van der Waals surface area contributed by atoms with Crippen LogP contribution in [0.5, 0.6) is 0 Å². The van der Waals surface area contributed by atoms with Crippen molar-refractivity contribution in [2.24, 2.45) is 5.10 Å². The van der Waals surface area contributed by atoms with Gasteiger partial charge < -0.3 is 10.2 Å². The van der Waals surface area contributed by atoms with E-state index in [1.165, 1.54) is 11.8 Å². The third-order valence-corrected chi connectivity index (χ3v) is 2.29. The zero-order valence-corrected chi connectivity index (χ0v) is 9.11. The van der Waals surface area contributed by atoms with Gasteiger partial charge in [0.1, 0.15) is 0 Å². The van der Waals surface area contributed by atoms with Crippen molar-refractivity contribution in [2.45, 2.75) is 20.3 Å². The summed E-state index contributed by atoms with van der Waals surface area (Å²) in [4.78, 5) is 10.9. The van der Waals surface area contributed by atoms with E-state index >= 15 is 0 Å². The Morgan fingerprint density at radius 2 is 2.23 bits per heavy atom. The number of carbonyl (C=O) groups is 1. The molecule has 0 saturated heterocycles. The fraction of sp³-hybridized carbons (Fsp3) is 0.750. The number of hydrogen-bond acceptors (Lipinski definition) is 5. The van der Waals surface area contributed by atoms with Gasteiger partial charge in [0.15, 0.2) is 0 Å². The molecule has 0 fully saturated rings. The van der Waals surface area contributed by atoms with E-state index in [0.29, 0.717) is 12.4 Å². The van der Waals surface area contributed by atoms with Crippen LogP contribution < -0.4 is 5.43 Å².